The van der Waals surface area contributed by atoms with E-state index in [1.54, 1.807) is 11.3 Å². The Morgan fingerprint density at radius 2 is 2.15 bits per heavy atom. The molecule has 0 spiro atoms. The van der Waals surface area contributed by atoms with E-state index >= 15 is 0 Å². The molecule has 0 radical (unpaired) electrons. The van der Waals surface area contributed by atoms with Gasteiger partial charge in [0.25, 0.3) is 0 Å². The summed E-state index contributed by atoms with van der Waals surface area (Å²) in [6.07, 6.45) is 3.96. The molecule has 0 unspecified atom stereocenters. The third-order valence-electron chi connectivity index (χ3n) is 3.63. The van der Waals surface area contributed by atoms with Crippen molar-refractivity contribution in [1.82, 2.24) is 30.2 Å². The second-order valence-corrected chi connectivity index (χ2v) is 6.60. The van der Waals surface area contributed by atoms with E-state index in [1.807, 2.05) is 35.7 Å². The van der Waals surface area contributed by atoms with Gasteiger partial charge in [0.05, 0.1) is 5.01 Å². The van der Waals surface area contributed by atoms with Crippen LogP contribution in [0.25, 0.3) is 5.65 Å². The molecule has 0 aliphatic heterocycles. The second-order valence-electron chi connectivity index (χ2n) is 5.65. The minimum atomic E-state index is 0. The summed E-state index contributed by atoms with van der Waals surface area (Å²) < 4.78 is 1.96. The molecule has 3 heterocycles. The number of fused-ring (bicyclic) bond motifs is 1. The van der Waals surface area contributed by atoms with Gasteiger partial charge in [0.15, 0.2) is 17.4 Å². The molecule has 26 heavy (non-hydrogen) atoms. The summed E-state index contributed by atoms with van der Waals surface area (Å²) in [4.78, 5) is 9.10. The number of rotatable bonds is 7. The van der Waals surface area contributed by atoms with Crippen molar-refractivity contribution in [3.63, 3.8) is 0 Å². The molecule has 0 saturated carbocycles. The van der Waals surface area contributed by atoms with Crippen molar-refractivity contribution < 1.29 is 0 Å². The van der Waals surface area contributed by atoms with Crippen LogP contribution in [-0.2, 0) is 13.0 Å². The molecule has 140 valence electrons. The minimum absolute atomic E-state index is 0. The zero-order valence-corrected chi connectivity index (χ0v) is 18.1. The number of aromatic nitrogens is 4. The number of pyridine rings is 1. The number of halogens is 1. The quantitative estimate of drug-likeness (QED) is 0.233. The van der Waals surface area contributed by atoms with Crippen molar-refractivity contribution in [1.29, 1.82) is 0 Å². The minimum Gasteiger partial charge on any atom is -0.357 e. The Bertz CT molecular complexity index is 842. The average molecular weight is 485 g/mol. The molecule has 3 aromatic heterocycles. The maximum absolute atomic E-state index is 4.61. The van der Waals surface area contributed by atoms with Crippen molar-refractivity contribution in [2.75, 3.05) is 13.1 Å². The van der Waals surface area contributed by atoms with E-state index in [9.17, 15) is 0 Å². The Kier molecular flexibility index (Phi) is 8.23. The van der Waals surface area contributed by atoms with Gasteiger partial charge in [-0.3, -0.25) is 4.40 Å². The number of aliphatic imine (C=N–C) groups is 1. The fourth-order valence-electron chi connectivity index (χ4n) is 2.45. The highest BCUT2D eigenvalue weighted by atomic mass is 127. The fraction of sp³-hybridized carbons (Fsp3) is 0.412. The van der Waals surface area contributed by atoms with Crippen LogP contribution in [-0.4, -0.2) is 38.6 Å². The molecule has 0 aliphatic rings. The van der Waals surface area contributed by atoms with Gasteiger partial charge in [-0.1, -0.05) is 6.07 Å². The molecule has 2 N–H and O–H groups in total. The fourth-order valence-corrected chi connectivity index (χ4v) is 3.27. The van der Waals surface area contributed by atoms with E-state index in [0.717, 1.165) is 49.1 Å². The summed E-state index contributed by atoms with van der Waals surface area (Å²) in [5.41, 5.74) is 1.94. The van der Waals surface area contributed by atoms with Crippen molar-refractivity contribution in [2.45, 2.75) is 33.2 Å². The summed E-state index contributed by atoms with van der Waals surface area (Å²) >= 11 is 1.73. The third kappa shape index (κ3) is 5.63. The van der Waals surface area contributed by atoms with Gasteiger partial charge < -0.3 is 10.6 Å². The zero-order chi connectivity index (χ0) is 17.5. The molecule has 0 aliphatic carbocycles. The zero-order valence-electron chi connectivity index (χ0n) is 15.0. The summed E-state index contributed by atoms with van der Waals surface area (Å²) in [5, 5.41) is 18.3. The molecule has 0 amide bonds. The first-order valence-corrected chi connectivity index (χ1v) is 9.36. The standard InChI is InChI=1S/C17H23N7S.HI/c1-3-18-17(19-9-6-8-16-21-13(2)12-25-16)20-11-15-23-22-14-7-4-5-10-24(14)15;/h4-5,7,10,12H,3,6,8-9,11H2,1-2H3,(H2,18,19,20);1H. The van der Waals surface area contributed by atoms with Gasteiger partial charge in [0.2, 0.25) is 0 Å². The van der Waals surface area contributed by atoms with Crippen LogP contribution in [0.5, 0.6) is 0 Å². The van der Waals surface area contributed by atoms with Crippen LogP contribution in [0.2, 0.25) is 0 Å². The molecule has 0 bridgehead atoms. The van der Waals surface area contributed by atoms with Gasteiger partial charge in [-0.2, -0.15) is 0 Å². The number of nitrogens with one attached hydrogen (secondary N) is 2. The highest BCUT2D eigenvalue weighted by Crippen LogP contribution is 2.10. The number of nitrogens with zero attached hydrogens (tertiary/aromatic N) is 5. The van der Waals surface area contributed by atoms with Gasteiger partial charge in [-0.15, -0.1) is 45.5 Å². The van der Waals surface area contributed by atoms with E-state index in [2.05, 4.69) is 43.1 Å². The molecular formula is C17H24IN7S. The molecule has 9 heteroatoms. The average Bonchev–Trinajstić information content (AvgIpc) is 3.22. The monoisotopic (exact) mass is 485 g/mol. The number of thiazole rings is 1. The first kappa shape index (κ1) is 20.6. The van der Waals surface area contributed by atoms with Crippen LogP contribution in [0.4, 0.5) is 0 Å². The maximum Gasteiger partial charge on any atom is 0.191 e. The predicted octanol–water partition coefficient (Wildman–Crippen LogP) is 2.80. The molecule has 3 aromatic rings. The Labute approximate surface area is 174 Å². The summed E-state index contributed by atoms with van der Waals surface area (Å²) in [6, 6.07) is 5.85. The lowest BCUT2D eigenvalue weighted by Gasteiger charge is -2.10. The lowest BCUT2D eigenvalue weighted by atomic mass is 10.3. The lowest BCUT2D eigenvalue weighted by Crippen LogP contribution is -2.37. The van der Waals surface area contributed by atoms with Gasteiger partial charge >= 0.3 is 0 Å². The first-order valence-electron chi connectivity index (χ1n) is 8.48. The van der Waals surface area contributed by atoms with Crippen molar-refractivity contribution >= 4 is 46.9 Å². The number of hydrogen-bond acceptors (Lipinski definition) is 5. The van der Waals surface area contributed by atoms with Crippen LogP contribution < -0.4 is 10.6 Å². The molecule has 3 rings (SSSR count). The smallest absolute Gasteiger partial charge is 0.191 e. The second kappa shape index (κ2) is 10.4. The van der Waals surface area contributed by atoms with Gasteiger partial charge in [-0.05, 0) is 32.4 Å². The van der Waals surface area contributed by atoms with E-state index in [-0.39, 0.29) is 24.0 Å². The maximum atomic E-state index is 4.61. The molecule has 7 nitrogen and oxygen atoms in total. The Morgan fingerprint density at radius 3 is 2.92 bits per heavy atom. The van der Waals surface area contributed by atoms with Crippen molar-refractivity contribution in [3.05, 3.63) is 46.3 Å². The van der Waals surface area contributed by atoms with Crippen molar-refractivity contribution in [3.8, 4) is 0 Å². The van der Waals surface area contributed by atoms with E-state index in [1.165, 1.54) is 5.01 Å². The molecule has 0 atom stereocenters. The Morgan fingerprint density at radius 1 is 1.27 bits per heavy atom. The Hall–Kier alpha value is -1.75. The first-order chi connectivity index (χ1) is 12.3. The van der Waals surface area contributed by atoms with Gasteiger partial charge in [-0.25, -0.2) is 9.98 Å². The molecular weight excluding hydrogens is 461 g/mol. The van der Waals surface area contributed by atoms with Crippen LogP contribution in [0, 0.1) is 6.92 Å². The van der Waals surface area contributed by atoms with E-state index in [4.69, 9.17) is 0 Å². The summed E-state index contributed by atoms with van der Waals surface area (Å²) in [5.74, 6) is 1.62. The highest BCUT2D eigenvalue weighted by Gasteiger charge is 2.05. The molecule has 0 saturated heterocycles. The van der Waals surface area contributed by atoms with Gasteiger partial charge in [0.1, 0.15) is 6.54 Å². The normalized spacial score (nSPS) is 11.4. The summed E-state index contributed by atoms with van der Waals surface area (Å²) in [6.45, 7) is 6.24. The SMILES string of the molecule is CCNC(=NCc1nnc2ccccn12)NCCCc1nc(C)cs1.I. The highest BCUT2D eigenvalue weighted by molar-refractivity contribution is 14.0. The molecule has 0 fully saturated rings. The predicted molar refractivity (Wildman–Crippen MR) is 116 cm³/mol. The van der Waals surface area contributed by atoms with Crippen LogP contribution in [0.3, 0.4) is 0 Å². The number of guanidine groups is 1. The summed E-state index contributed by atoms with van der Waals surface area (Å²) in [7, 11) is 0. The van der Waals surface area contributed by atoms with Crippen LogP contribution in [0.1, 0.15) is 29.9 Å². The van der Waals surface area contributed by atoms with Crippen LogP contribution >= 0.6 is 35.3 Å². The van der Waals surface area contributed by atoms with E-state index < -0.39 is 0 Å². The van der Waals surface area contributed by atoms with Crippen molar-refractivity contribution in [2.24, 2.45) is 4.99 Å². The third-order valence-corrected chi connectivity index (χ3v) is 4.66. The topological polar surface area (TPSA) is 79.5 Å². The molecule has 0 aromatic carbocycles. The van der Waals surface area contributed by atoms with Crippen LogP contribution in [0.15, 0.2) is 34.8 Å². The Balaban J connectivity index is 0.00000243. The lowest BCUT2D eigenvalue weighted by molar-refractivity contribution is 0.737. The number of aryl methyl sites for hydroxylation is 2. The number of hydrogen-bond donors (Lipinski definition) is 2. The largest absolute Gasteiger partial charge is 0.357 e. The van der Waals surface area contributed by atoms with Gasteiger partial charge in [0, 0.05) is 36.8 Å². The van der Waals surface area contributed by atoms with E-state index in [0.29, 0.717) is 6.54 Å².